The van der Waals surface area contributed by atoms with Crippen LogP contribution in [0.15, 0.2) is 84.0 Å². The fourth-order valence-corrected chi connectivity index (χ4v) is 5.49. The maximum absolute atomic E-state index is 13.6. The Hall–Kier alpha value is -3.75. The van der Waals surface area contributed by atoms with Crippen LogP contribution in [0.2, 0.25) is 0 Å². The number of aromatic amines is 1. The molecule has 0 aliphatic heterocycles. The highest BCUT2D eigenvalue weighted by Crippen LogP contribution is 2.30. The molecule has 33 heavy (non-hydrogen) atoms. The Labute approximate surface area is 191 Å². The molecule has 0 spiro atoms. The molecule has 0 amide bonds. The molecule has 0 radical (unpaired) electrons. The standard InChI is InChI=1S/C25H23N5O2S/c1-17-24-14-20(7-9-25(24)29-28-17)21-12-22(16-27-15-21)30(11-10-26)33(31,32)23-8-6-18-4-2-3-5-19(18)13-23/h2-9,12-16H,10-11,26H2,1H3,(H,28,29). The van der Waals surface area contributed by atoms with Crippen molar-refractivity contribution in [2.45, 2.75) is 11.8 Å². The summed E-state index contributed by atoms with van der Waals surface area (Å²) < 4.78 is 28.6. The summed E-state index contributed by atoms with van der Waals surface area (Å²) in [6.45, 7) is 2.28. The fourth-order valence-electron chi connectivity index (χ4n) is 4.00. The van der Waals surface area contributed by atoms with E-state index < -0.39 is 10.0 Å². The van der Waals surface area contributed by atoms with E-state index in [9.17, 15) is 8.42 Å². The van der Waals surface area contributed by atoms with Crippen molar-refractivity contribution in [3.8, 4) is 11.1 Å². The third kappa shape index (κ3) is 3.83. The molecule has 0 saturated carbocycles. The van der Waals surface area contributed by atoms with E-state index in [-0.39, 0.29) is 18.0 Å². The van der Waals surface area contributed by atoms with Crippen LogP contribution in [0.3, 0.4) is 0 Å². The lowest BCUT2D eigenvalue weighted by Gasteiger charge is -2.24. The molecule has 8 heteroatoms. The summed E-state index contributed by atoms with van der Waals surface area (Å²) in [4.78, 5) is 4.56. The van der Waals surface area contributed by atoms with Crippen LogP contribution in [0.25, 0.3) is 32.8 Å². The zero-order chi connectivity index (χ0) is 23.0. The first-order valence-electron chi connectivity index (χ1n) is 10.6. The molecule has 0 fully saturated rings. The largest absolute Gasteiger partial charge is 0.329 e. The van der Waals surface area contributed by atoms with Crippen molar-refractivity contribution in [2.24, 2.45) is 5.73 Å². The van der Waals surface area contributed by atoms with Gasteiger partial charge in [0.15, 0.2) is 0 Å². The van der Waals surface area contributed by atoms with Gasteiger partial charge in [0.05, 0.1) is 22.3 Å². The number of benzene rings is 3. The van der Waals surface area contributed by atoms with Gasteiger partial charge in [-0.3, -0.25) is 14.4 Å². The maximum atomic E-state index is 13.6. The van der Waals surface area contributed by atoms with Crippen LogP contribution in [-0.4, -0.2) is 36.7 Å². The molecule has 0 aliphatic carbocycles. The molecule has 2 aromatic heterocycles. The Kier molecular flexibility index (Phi) is 5.32. The molecule has 0 aliphatic rings. The number of sulfonamides is 1. The summed E-state index contributed by atoms with van der Waals surface area (Å²) in [5.41, 5.74) is 9.87. The van der Waals surface area contributed by atoms with E-state index in [2.05, 4.69) is 15.2 Å². The van der Waals surface area contributed by atoms with Crippen molar-refractivity contribution in [3.05, 3.63) is 84.8 Å². The number of hydrogen-bond acceptors (Lipinski definition) is 5. The van der Waals surface area contributed by atoms with Crippen LogP contribution < -0.4 is 10.0 Å². The van der Waals surface area contributed by atoms with Crippen LogP contribution in [0.1, 0.15) is 5.69 Å². The second-order valence-corrected chi connectivity index (χ2v) is 9.75. The smallest absolute Gasteiger partial charge is 0.264 e. The highest BCUT2D eigenvalue weighted by atomic mass is 32.2. The quantitative estimate of drug-likeness (QED) is 0.397. The first-order valence-corrected chi connectivity index (χ1v) is 12.0. The van der Waals surface area contributed by atoms with Gasteiger partial charge in [-0.1, -0.05) is 36.4 Å². The number of nitrogens with one attached hydrogen (secondary N) is 1. The minimum atomic E-state index is -3.84. The number of pyridine rings is 1. The van der Waals surface area contributed by atoms with E-state index >= 15 is 0 Å². The number of anilines is 1. The van der Waals surface area contributed by atoms with Crippen molar-refractivity contribution < 1.29 is 8.42 Å². The normalized spacial score (nSPS) is 11.8. The van der Waals surface area contributed by atoms with Crippen molar-refractivity contribution in [3.63, 3.8) is 0 Å². The Bertz CT molecular complexity index is 1580. The number of H-pyrrole nitrogens is 1. The van der Waals surface area contributed by atoms with Crippen LogP contribution in [0.4, 0.5) is 5.69 Å². The number of rotatable bonds is 6. The second-order valence-electron chi connectivity index (χ2n) is 7.89. The first kappa shape index (κ1) is 21.1. The molecule has 0 atom stereocenters. The molecule has 2 heterocycles. The monoisotopic (exact) mass is 457 g/mol. The van der Waals surface area contributed by atoms with Crippen molar-refractivity contribution in [2.75, 3.05) is 17.4 Å². The van der Waals surface area contributed by atoms with E-state index in [0.717, 1.165) is 38.5 Å². The molecule has 0 unspecified atom stereocenters. The van der Waals surface area contributed by atoms with Crippen LogP contribution >= 0.6 is 0 Å². The highest BCUT2D eigenvalue weighted by Gasteiger charge is 2.25. The average Bonchev–Trinajstić information content (AvgIpc) is 3.22. The van der Waals surface area contributed by atoms with Gasteiger partial charge in [-0.25, -0.2) is 8.42 Å². The number of fused-ring (bicyclic) bond motifs is 2. The van der Waals surface area contributed by atoms with E-state index in [0.29, 0.717) is 5.69 Å². The summed E-state index contributed by atoms with van der Waals surface area (Å²) in [5.74, 6) is 0. The van der Waals surface area contributed by atoms with Crippen LogP contribution in [0, 0.1) is 6.92 Å². The molecule has 0 saturated heterocycles. The summed E-state index contributed by atoms with van der Waals surface area (Å²) in [7, 11) is -3.84. The zero-order valence-electron chi connectivity index (χ0n) is 18.1. The van der Waals surface area contributed by atoms with Crippen LogP contribution in [-0.2, 0) is 10.0 Å². The van der Waals surface area contributed by atoms with E-state index in [1.54, 1.807) is 24.5 Å². The first-order chi connectivity index (χ1) is 16.0. The number of nitrogens with zero attached hydrogens (tertiary/aromatic N) is 3. The SMILES string of the molecule is Cc1[nH]nc2ccc(-c3cncc(N(CCN)S(=O)(=O)c4ccc5ccccc5c4)c3)cc12. The molecule has 3 N–H and O–H groups in total. The van der Waals surface area contributed by atoms with Gasteiger partial charge in [0, 0.05) is 35.9 Å². The van der Waals surface area contributed by atoms with Gasteiger partial charge >= 0.3 is 0 Å². The molecule has 166 valence electrons. The number of aromatic nitrogens is 3. The Morgan fingerprint density at radius 3 is 2.58 bits per heavy atom. The molecule has 0 bridgehead atoms. The predicted molar refractivity (Wildman–Crippen MR) is 132 cm³/mol. The third-order valence-electron chi connectivity index (χ3n) is 5.73. The van der Waals surface area contributed by atoms with Crippen LogP contribution in [0.5, 0.6) is 0 Å². The van der Waals surface area contributed by atoms with E-state index in [1.165, 1.54) is 4.31 Å². The number of aryl methyl sites for hydroxylation is 1. The summed E-state index contributed by atoms with van der Waals surface area (Å²) in [6, 6.07) is 20.6. The summed E-state index contributed by atoms with van der Waals surface area (Å²) >= 11 is 0. The molecule has 7 nitrogen and oxygen atoms in total. The van der Waals surface area contributed by atoms with Gasteiger partial charge in [0.2, 0.25) is 0 Å². The summed E-state index contributed by atoms with van der Waals surface area (Å²) in [6.07, 6.45) is 3.28. The van der Waals surface area contributed by atoms with Gasteiger partial charge < -0.3 is 5.73 Å². The minimum Gasteiger partial charge on any atom is -0.329 e. The highest BCUT2D eigenvalue weighted by molar-refractivity contribution is 7.92. The lowest BCUT2D eigenvalue weighted by molar-refractivity contribution is 0.591. The van der Waals surface area contributed by atoms with E-state index in [4.69, 9.17) is 5.73 Å². The molecule has 3 aromatic carbocycles. The van der Waals surface area contributed by atoms with Gasteiger partial charge in [0.1, 0.15) is 0 Å². The lowest BCUT2D eigenvalue weighted by atomic mass is 10.0. The topological polar surface area (TPSA) is 105 Å². The zero-order valence-corrected chi connectivity index (χ0v) is 18.9. The molecular formula is C25H23N5O2S. The average molecular weight is 458 g/mol. The molecule has 5 rings (SSSR count). The van der Waals surface area contributed by atoms with Gasteiger partial charge in [-0.15, -0.1) is 0 Å². The van der Waals surface area contributed by atoms with Crippen molar-refractivity contribution in [1.82, 2.24) is 15.2 Å². The Balaban J connectivity index is 1.58. The Morgan fingerprint density at radius 1 is 0.939 bits per heavy atom. The molecule has 5 aromatic rings. The predicted octanol–water partition coefficient (Wildman–Crippen LogP) is 4.24. The third-order valence-corrected chi connectivity index (χ3v) is 7.55. The summed E-state index contributed by atoms with van der Waals surface area (Å²) in [5, 5.41) is 10.1. The van der Waals surface area contributed by atoms with Gasteiger partial charge in [0.25, 0.3) is 10.0 Å². The minimum absolute atomic E-state index is 0.139. The Morgan fingerprint density at radius 2 is 1.76 bits per heavy atom. The van der Waals surface area contributed by atoms with Crippen molar-refractivity contribution in [1.29, 1.82) is 0 Å². The molecular weight excluding hydrogens is 434 g/mol. The number of hydrogen-bond donors (Lipinski definition) is 2. The second kappa shape index (κ2) is 8.31. The fraction of sp³-hybridized carbons (Fsp3) is 0.120. The van der Waals surface area contributed by atoms with Crippen molar-refractivity contribution >= 4 is 37.4 Å². The maximum Gasteiger partial charge on any atom is 0.264 e. The van der Waals surface area contributed by atoms with Gasteiger partial charge in [-0.05, 0) is 53.6 Å². The number of nitrogens with two attached hydrogens (primary N) is 1. The lowest BCUT2D eigenvalue weighted by Crippen LogP contribution is -2.35. The van der Waals surface area contributed by atoms with E-state index in [1.807, 2.05) is 61.5 Å². The van der Waals surface area contributed by atoms with Gasteiger partial charge in [-0.2, -0.15) is 5.10 Å².